The van der Waals surface area contributed by atoms with E-state index < -0.39 is 0 Å². The van der Waals surface area contributed by atoms with Crippen molar-refractivity contribution in [2.45, 2.75) is 25.8 Å². The number of benzene rings is 2. The number of aryl methyl sites for hydroxylation is 1. The highest BCUT2D eigenvalue weighted by Gasteiger charge is 2.19. The quantitative estimate of drug-likeness (QED) is 0.816. The highest BCUT2D eigenvalue weighted by molar-refractivity contribution is 5.76. The summed E-state index contributed by atoms with van der Waals surface area (Å²) in [7, 11) is 0. The van der Waals surface area contributed by atoms with E-state index in [0.29, 0.717) is 18.4 Å². The first-order valence-corrected chi connectivity index (χ1v) is 9.37. The van der Waals surface area contributed by atoms with Gasteiger partial charge in [-0.25, -0.2) is 4.39 Å². The van der Waals surface area contributed by atoms with Crippen molar-refractivity contribution in [2.24, 2.45) is 0 Å². The lowest BCUT2D eigenvalue weighted by Gasteiger charge is -2.22. The molecule has 1 aliphatic rings. The maximum atomic E-state index is 13.0. The molecule has 4 nitrogen and oxygen atoms in total. The maximum Gasteiger partial charge on any atom is 0.222 e. The zero-order chi connectivity index (χ0) is 19.1. The minimum Gasteiger partial charge on any atom is -0.341 e. The summed E-state index contributed by atoms with van der Waals surface area (Å²) >= 11 is 0. The number of nitriles is 1. The van der Waals surface area contributed by atoms with E-state index in [9.17, 15) is 9.18 Å². The largest absolute Gasteiger partial charge is 0.341 e. The number of amides is 1. The molecule has 1 fully saturated rings. The smallest absolute Gasteiger partial charge is 0.222 e. The predicted octanol–water partition coefficient (Wildman–Crippen LogP) is 3.36. The molecule has 0 unspecified atom stereocenters. The van der Waals surface area contributed by atoms with Crippen LogP contribution in [0.4, 0.5) is 4.39 Å². The molecule has 0 aliphatic carbocycles. The molecule has 1 heterocycles. The maximum absolute atomic E-state index is 13.0. The summed E-state index contributed by atoms with van der Waals surface area (Å²) in [5.74, 6) is -0.0838. The van der Waals surface area contributed by atoms with Crippen LogP contribution in [0.25, 0.3) is 0 Å². The summed E-state index contributed by atoms with van der Waals surface area (Å²) in [6.07, 6.45) is 2.06. The molecule has 27 heavy (non-hydrogen) atoms. The Morgan fingerprint density at radius 3 is 2.37 bits per heavy atom. The molecule has 0 N–H and O–H groups in total. The van der Waals surface area contributed by atoms with E-state index in [-0.39, 0.29) is 11.7 Å². The molecular formula is C22H24FN3O. The monoisotopic (exact) mass is 365 g/mol. The Kier molecular flexibility index (Phi) is 6.56. The molecule has 0 saturated carbocycles. The van der Waals surface area contributed by atoms with Crippen molar-refractivity contribution < 1.29 is 9.18 Å². The van der Waals surface area contributed by atoms with E-state index in [1.807, 2.05) is 29.2 Å². The Bertz CT molecular complexity index is 796. The number of rotatable bonds is 5. The Balaban J connectivity index is 1.47. The van der Waals surface area contributed by atoms with Crippen molar-refractivity contribution in [3.8, 4) is 6.07 Å². The summed E-state index contributed by atoms with van der Waals surface area (Å²) in [6.45, 7) is 4.16. The topological polar surface area (TPSA) is 47.3 Å². The third-order valence-corrected chi connectivity index (χ3v) is 4.97. The molecule has 0 spiro atoms. The Morgan fingerprint density at radius 2 is 1.67 bits per heavy atom. The third kappa shape index (κ3) is 5.63. The summed E-state index contributed by atoms with van der Waals surface area (Å²) < 4.78 is 13.0. The lowest BCUT2D eigenvalue weighted by atomic mass is 10.1. The van der Waals surface area contributed by atoms with Crippen LogP contribution in [0.1, 0.15) is 29.5 Å². The minimum absolute atomic E-state index is 0.166. The van der Waals surface area contributed by atoms with Crippen LogP contribution < -0.4 is 0 Å². The Morgan fingerprint density at radius 1 is 0.963 bits per heavy atom. The van der Waals surface area contributed by atoms with Gasteiger partial charge in [-0.3, -0.25) is 9.69 Å². The van der Waals surface area contributed by atoms with Crippen molar-refractivity contribution in [1.82, 2.24) is 9.80 Å². The number of carbonyl (C=O) groups is 1. The Hall–Kier alpha value is -2.71. The zero-order valence-electron chi connectivity index (χ0n) is 15.4. The molecule has 0 radical (unpaired) electrons. The van der Waals surface area contributed by atoms with E-state index in [0.717, 1.165) is 44.7 Å². The first-order valence-electron chi connectivity index (χ1n) is 9.37. The van der Waals surface area contributed by atoms with E-state index in [1.54, 1.807) is 12.1 Å². The molecule has 140 valence electrons. The first-order chi connectivity index (χ1) is 13.1. The van der Waals surface area contributed by atoms with Crippen LogP contribution in [0.15, 0.2) is 48.5 Å². The van der Waals surface area contributed by atoms with Gasteiger partial charge in [-0.2, -0.15) is 5.26 Å². The highest BCUT2D eigenvalue weighted by Crippen LogP contribution is 2.12. The molecule has 0 aromatic heterocycles. The van der Waals surface area contributed by atoms with Gasteiger partial charge < -0.3 is 4.90 Å². The molecule has 3 rings (SSSR count). The number of halogens is 1. The van der Waals surface area contributed by atoms with Crippen LogP contribution >= 0.6 is 0 Å². The van der Waals surface area contributed by atoms with Crippen molar-refractivity contribution >= 4 is 5.91 Å². The first kappa shape index (κ1) is 19.1. The van der Waals surface area contributed by atoms with Gasteiger partial charge in [-0.15, -0.1) is 0 Å². The van der Waals surface area contributed by atoms with Crippen molar-refractivity contribution in [3.63, 3.8) is 0 Å². The zero-order valence-corrected chi connectivity index (χ0v) is 15.4. The fourth-order valence-corrected chi connectivity index (χ4v) is 3.38. The SMILES string of the molecule is N#Cc1ccc(CN2CCCN(C(=O)CCc3ccc(F)cc3)CC2)cc1. The van der Waals surface area contributed by atoms with Gasteiger partial charge in [0.1, 0.15) is 5.82 Å². The average Bonchev–Trinajstić information content (AvgIpc) is 2.93. The molecule has 0 atom stereocenters. The molecule has 0 bridgehead atoms. The van der Waals surface area contributed by atoms with Gasteiger partial charge in [-0.05, 0) is 48.2 Å². The standard InChI is InChI=1S/C22H24FN3O/c23-21-9-6-18(7-10-21)8-11-22(27)26-13-1-12-25(14-15-26)17-20-4-2-19(16-24)3-5-20/h2-7,9-10H,1,8,11-15,17H2. The van der Waals surface area contributed by atoms with Crippen molar-refractivity contribution in [3.05, 3.63) is 71.0 Å². The fourth-order valence-electron chi connectivity index (χ4n) is 3.38. The Labute approximate surface area is 159 Å². The lowest BCUT2D eigenvalue weighted by Crippen LogP contribution is -2.35. The van der Waals surface area contributed by atoms with Crippen LogP contribution in [0.3, 0.4) is 0 Å². The summed E-state index contributed by atoms with van der Waals surface area (Å²) in [5, 5.41) is 8.88. The van der Waals surface area contributed by atoms with E-state index in [2.05, 4.69) is 11.0 Å². The number of nitrogens with zero attached hydrogens (tertiary/aromatic N) is 3. The molecule has 1 saturated heterocycles. The van der Waals surface area contributed by atoms with Crippen molar-refractivity contribution in [2.75, 3.05) is 26.2 Å². The van der Waals surface area contributed by atoms with E-state index in [1.165, 1.54) is 17.7 Å². The van der Waals surface area contributed by atoms with Crippen LogP contribution in [0, 0.1) is 17.1 Å². The molecule has 1 amide bonds. The van der Waals surface area contributed by atoms with Gasteiger partial charge >= 0.3 is 0 Å². The minimum atomic E-state index is -0.250. The number of hydrogen-bond acceptors (Lipinski definition) is 3. The highest BCUT2D eigenvalue weighted by atomic mass is 19.1. The van der Waals surface area contributed by atoms with Gasteiger partial charge in [0.2, 0.25) is 5.91 Å². The molecule has 1 aliphatic heterocycles. The van der Waals surface area contributed by atoms with Gasteiger partial charge in [0.05, 0.1) is 11.6 Å². The van der Waals surface area contributed by atoms with E-state index in [4.69, 9.17) is 5.26 Å². The summed E-state index contributed by atoms with van der Waals surface area (Å²) in [5.41, 5.74) is 2.85. The molecule has 2 aromatic rings. The second kappa shape index (κ2) is 9.29. The number of hydrogen-bond donors (Lipinski definition) is 0. The van der Waals surface area contributed by atoms with Gasteiger partial charge in [0.25, 0.3) is 0 Å². The second-order valence-electron chi connectivity index (χ2n) is 6.95. The van der Waals surface area contributed by atoms with Gasteiger partial charge in [-0.1, -0.05) is 24.3 Å². The van der Waals surface area contributed by atoms with Gasteiger partial charge in [0, 0.05) is 39.1 Å². The average molecular weight is 365 g/mol. The summed E-state index contributed by atoms with van der Waals surface area (Å²) in [6, 6.07) is 16.2. The van der Waals surface area contributed by atoms with E-state index >= 15 is 0 Å². The molecule has 2 aromatic carbocycles. The second-order valence-corrected chi connectivity index (χ2v) is 6.95. The van der Waals surface area contributed by atoms with Crippen LogP contribution in [0.5, 0.6) is 0 Å². The van der Waals surface area contributed by atoms with Crippen LogP contribution in [-0.2, 0) is 17.8 Å². The molecule has 5 heteroatoms. The van der Waals surface area contributed by atoms with Crippen LogP contribution in [0.2, 0.25) is 0 Å². The van der Waals surface area contributed by atoms with Gasteiger partial charge in [0.15, 0.2) is 0 Å². The van der Waals surface area contributed by atoms with Crippen molar-refractivity contribution in [1.29, 1.82) is 5.26 Å². The molecular weight excluding hydrogens is 341 g/mol. The fraction of sp³-hybridized carbons (Fsp3) is 0.364. The summed E-state index contributed by atoms with van der Waals surface area (Å²) in [4.78, 5) is 16.8. The normalized spacial score (nSPS) is 15.2. The third-order valence-electron chi connectivity index (χ3n) is 4.97. The number of carbonyl (C=O) groups excluding carboxylic acids is 1. The predicted molar refractivity (Wildman–Crippen MR) is 102 cm³/mol. The van der Waals surface area contributed by atoms with Crippen LogP contribution in [-0.4, -0.2) is 41.9 Å². The lowest BCUT2D eigenvalue weighted by molar-refractivity contribution is -0.131.